The SMILES string of the molecule is O=C(NC[C@H](O)CN1CCc2ccccc2C1)N1CC[C@H](c2ccccc2)C1. The summed E-state index contributed by atoms with van der Waals surface area (Å²) < 4.78 is 0. The topological polar surface area (TPSA) is 55.8 Å². The lowest BCUT2D eigenvalue weighted by atomic mass is 9.99. The van der Waals surface area contributed by atoms with Gasteiger partial charge in [0.1, 0.15) is 0 Å². The molecule has 0 aliphatic carbocycles. The Labute approximate surface area is 167 Å². The normalized spacial score (nSPS) is 20.6. The molecule has 2 aliphatic heterocycles. The van der Waals surface area contributed by atoms with Crippen LogP contribution in [0, 0.1) is 0 Å². The molecule has 2 heterocycles. The van der Waals surface area contributed by atoms with Gasteiger partial charge in [-0.05, 0) is 29.5 Å². The molecule has 2 aliphatic rings. The van der Waals surface area contributed by atoms with E-state index in [9.17, 15) is 9.90 Å². The minimum Gasteiger partial charge on any atom is -0.390 e. The number of rotatable bonds is 5. The van der Waals surface area contributed by atoms with Crippen LogP contribution < -0.4 is 5.32 Å². The third kappa shape index (κ3) is 4.54. The lowest BCUT2D eigenvalue weighted by molar-refractivity contribution is 0.104. The van der Waals surface area contributed by atoms with Crippen LogP contribution in [0.1, 0.15) is 29.0 Å². The Morgan fingerprint density at radius 1 is 1.07 bits per heavy atom. The van der Waals surface area contributed by atoms with Crippen molar-refractivity contribution in [2.24, 2.45) is 0 Å². The second-order valence-corrected chi connectivity index (χ2v) is 7.94. The van der Waals surface area contributed by atoms with Gasteiger partial charge in [-0.25, -0.2) is 4.79 Å². The molecule has 2 atom stereocenters. The Bertz CT molecular complexity index is 795. The third-order valence-corrected chi connectivity index (χ3v) is 5.91. The number of fused-ring (bicyclic) bond motifs is 1. The summed E-state index contributed by atoms with van der Waals surface area (Å²) in [5.74, 6) is 0.408. The molecule has 0 spiro atoms. The highest BCUT2D eigenvalue weighted by molar-refractivity contribution is 5.74. The zero-order valence-corrected chi connectivity index (χ0v) is 16.3. The van der Waals surface area contributed by atoms with E-state index in [1.165, 1.54) is 16.7 Å². The summed E-state index contributed by atoms with van der Waals surface area (Å²) in [6, 6.07) is 18.8. The molecular formula is C23H29N3O2. The van der Waals surface area contributed by atoms with E-state index in [0.29, 0.717) is 19.0 Å². The molecule has 0 unspecified atom stereocenters. The predicted molar refractivity (Wildman–Crippen MR) is 110 cm³/mol. The molecule has 0 radical (unpaired) electrons. The van der Waals surface area contributed by atoms with E-state index < -0.39 is 6.10 Å². The van der Waals surface area contributed by atoms with Crippen LogP contribution >= 0.6 is 0 Å². The van der Waals surface area contributed by atoms with Gasteiger partial charge in [0.25, 0.3) is 0 Å². The third-order valence-electron chi connectivity index (χ3n) is 5.91. The van der Waals surface area contributed by atoms with Crippen LogP contribution in [-0.2, 0) is 13.0 Å². The Kier molecular flexibility index (Phi) is 5.93. The number of urea groups is 1. The first-order valence-electron chi connectivity index (χ1n) is 10.2. The molecule has 0 bridgehead atoms. The van der Waals surface area contributed by atoms with Gasteiger partial charge in [0.2, 0.25) is 0 Å². The molecule has 2 aromatic rings. The molecule has 2 aromatic carbocycles. The van der Waals surface area contributed by atoms with Crippen molar-refractivity contribution in [1.82, 2.24) is 15.1 Å². The van der Waals surface area contributed by atoms with Crippen LogP contribution in [-0.4, -0.2) is 59.8 Å². The number of carbonyl (C=O) groups excluding carboxylic acids is 1. The van der Waals surface area contributed by atoms with Crippen molar-refractivity contribution in [3.8, 4) is 0 Å². The van der Waals surface area contributed by atoms with E-state index in [1.54, 1.807) is 0 Å². The Morgan fingerprint density at radius 2 is 1.82 bits per heavy atom. The summed E-state index contributed by atoms with van der Waals surface area (Å²) in [6.45, 7) is 4.21. The van der Waals surface area contributed by atoms with E-state index in [0.717, 1.165) is 39.0 Å². The molecule has 28 heavy (non-hydrogen) atoms. The lowest BCUT2D eigenvalue weighted by Gasteiger charge is -2.30. The molecule has 2 amide bonds. The van der Waals surface area contributed by atoms with Gasteiger partial charge in [0, 0.05) is 45.2 Å². The number of carbonyl (C=O) groups is 1. The fourth-order valence-electron chi connectivity index (χ4n) is 4.33. The molecule has 0 aromatic heterocycles. The first-order chi connectivity index (χ1) is 13.7. The average Bonchev–Trinajstić information content (AvgIpc) is 3.23. The summed E-state index contributed by atoms with van der Waals surface area (Å²) in [4.78, 5) is 16.6. The highest BCUT2D eigenvalue weighted by Crippen LogP contribution is 2.26. The quantitative estimate of drug-likeness (QED) is 0.840. The van der Waals surface area contributed by atoms with E-state index in [1.807, 2.05) is 23.1 Å². The summed E-state index contributed by atoms with van der Waals surface area (Å²) in [5, 5.41) is 13.3. The van der Waals surface area contributed by atoms with Gasteiger partial charge >= 0.3 is 6.03 Å². The van der Waals surface area contributed by atoms with E-state index in [2.05, 4.69) is 46.6 Å². The van der Waals surface area contributed by atoms with Gasteiger partial charge in [-0.15, -0.1) is 0 Å². The molecule has 5 nitrogen and oxygen atoms in total. The van der Waals surface area contributed by atoms with Crippen LogP contribution in [0.5, 0.6) is 0 Å². The van der Waals surface area contributed by atoms with Gasteiger partial charge in [-0.2, -0.15) is 0 Å². The lowest BCUT2D eigenvalue weighted by Crippen LogP contribution is -2.45. The number of aliphatic hydroxyl groups excluding tert-OH is 1. The van der Waals surface area contributed by atoms with Crippen molar-refractivity contribution in [2.75, 3.05) is 32.7 Å². The monoisotopic (exact) mass is 379 g/mol. The van der Waals surface area contributed by atoms with Crippen molar-refractivity contribution < 1.29 is 9.90 Å². The first-order valence-corrected chi connectivity index (χ1v) is 10.2. The van der Waals surface area contributed by atoms with Crippen LogP contribution in [0.2, 0.25) is 0 Å². The minimum atomic E-state index is -0.554. The molecule has 1 saturated heterocycles. The number of aliphatic hydroxyl groups is 1. The Balaban J connectivity index is 1.21. The van der Waals surface area contributed by atoms with Crippen molar-refractivity contribution in [3.63, 3.8) is 0 Å². The van der Waals surface area contributed by atoms with Gasteiger partial charge in [-0.1, -0.05) is 54.6 Å². The summed E-state index contributed by atoms with van der Waals surface area (Å²) in [6.07, 6.45) is 1.46. The summed E-state index contributed by atoms with van der Waals surface area (Å²) in [5.41, 5.74) is 4.04. The fourth-order valence-corrected chi connectivity index (χ4v) is 4.33. The second kappa shape index (κ2) is 8.76. The fraction of sp³-hybridized carbons (Fsp3) is 0.435. The van der Waals surface area contributed by atoms with Crippen molar-refractivity contribution >= 4 is 6.03 Å². The molecular weight excluding hydrogens is 350 g/mol. The minimum absolute atomic E-state index is 0.0681. The Hall–Kier alpha value is -2.37. The zero-order chi connectivity index (χ0) is 19.3. The molecule has 148 valence electrons. The maximum Gasteiger partial charge on any atom is 0.317 e. The number of hydrogen-bond acceptors (Lipinski definition) is 3. The van der Waals surface area contributed by atoms with Gasteiger partial charge in [0.05, 0.1) is 6.10 Å². The van der Waals surface area contributed by atoms with E-state index in [4.69, 9.17) is 0 Å². The van der Waals surface area contributed by atoms with Crippen LogP contribution in [0.4, 0.5) is 4.79 Å². The molecule has 1 fully saturated rings. The standard InChI is InChI=1S/C23H29N3O2/c27-22(17-25-12-10-19-8-4-5-9-20(19)15-25)14-24-23(28)26-13-11-21(16-26)18-6-2-1-3-7-18/h1-9,21-22,27H,10-17H2,(H,24,28)/t21-,22-/m0/s1. The van der Waals surface area contributed by atoms with Crippen LogP contribution in [0.3, 0.4) is 0 Å². The highest BCUT2D eigenvalue weighted by Gasteiger charge is 2.27. The predicted octanol–water partition coefficient (Wildman–Crippen LogP) is 2.60. The number of likely N-dealkylation sites (tertiary alicyclic amines) is 1. The number of nitrogens with one attached hydrogen (secondary N) is 1. The smallest absolute Gasteiger partial charge is 0.317 e. The maximum atomic E-state index is 12.5. The maximum absolute atomic E-state index is 12.5. The molecule has 5 heteroatoms. The van der Waals surface area contributed by atoms with Crippen molar-refractivity contribution in [3.05, 3.63) is 71.3 Å². The number of hydrogen-bond donors (Lipinski definition) is 2. The van der Waals surface area contributed by atoms with Crippen molar-refractivity contribution in [1.29, 1.82) is 0 Å². The molecule has 4 rings (SSSR count). The van der Waals surface area contributed by atoms with Gasteiger partial charge in [0.15, 0.2) is 0 Å². The van der Waals surface area contributed by atoms with Crippen LogP contribution in [0.25, 0.3) is 0 Å². The summed E-state index contributed by atoms with van der Waals surface area (Å²) in [7, 11) is 0. The van der Waals surface area contributed by atoms with E-state index >= 15 is 0 Å². The Morgan fingerprint density at radius 3 is 2.64 bits per heavy atom. The largest absolute Gasteiger partial charge is 0.390 e. The van der Waals surface area contributed by atoms with E-state index in [-0.39, 0.29) is 6.03 Å². The van der Waals surface area contributed by atoms with Crippen molar-refractivity contribution in [2.45, 2.75) is 31.4 Å². The molecule has 0 saturated carbocycles. The van der Waals surface area contributed by atoms with Crippen LogP contribution in [0.15, 0.2) is 54.6 Å². The summed E-state index contributed by atoms with van der Waals surface area (Å²) >= 11 is 0. The highest BCUT2D eigenvalue weighted by atomic mass is 16.3. The van der Waals surface area contributed by atoms with Gasteiger partial charge in [-0.3, -0.25) is 4.90 Å². The number of amides is 2. The number of β-amino-alcohol motifs (C(OH)–C–C–N with tert-alkyl or cyclic N) is 1. The zero-order valence-electron chi connectivity index (χ0n) is 16.3. The average molecular weight is 380 g/mol. The number of benzene rings is 2. The second-order valence-electron chi connectivity index (χ2n) is 7.94. The van der Waals surface area contributed by atoms with Gasteiger partial charge < -0.3 is 15.3 Å². The molecule has 2 N–H and O–H groups in total. The number of nitrogens with zero attached hydrogens (tertiary/aromatic N) is 2. The first kappa shape index (κ1) is 19.0.